The zero-order chi connectivity index (χ0) is 9.97. The number of aliphatic hydroxyl groups is 1. The van der Waals surface area contributed by atoms with E-state index in [9.17, 15) is 5.11 Å². The monoisotopic (exact) mass is 190 g/mol. The Hall–Kier alpha value is -1.81. The van der Waals surface area contributed by atoms with Gasteiger partial charge >= 0.3 is 0 Å². The van der Waals surface area contributed by atoms with Crippen molar-refractivity contribution in [1.29, 1.82) is 0 Å². The van der Waals surface area contributed by atoms with Crippen molar-refractivity contribution < 1.29 is 10.2 Å². The van der Waals surface area contributed by atoms with Crippen LogP contribution < -0.4 is 0 Å². The van der Waals surface area contributed by atoms with Crippen molar-refractivity contribution in [2.45, 2.75) is 6.61 Å². The summed E-state index contributed by atoms with van der Waals surface area (Å²) in [5, 5.41) is 18.2. The molecule has 4 heteroatoms. The first-order valence-corrected chi connectivity index (χ1v) is 4.25. The van der Waals surface area contributed by atoms with Crippen molar-refractivity contribution in [3.05, 3.63) is 36.0 Å². The van der Waals surface area contributed by atoms with Gasteiger partial charge in [-0.15, -0.1) is 0 Å². The van der Waals surface area contributed by atoms with Crippen LogP contribution in [0, 0.1) is 0 Å². The zero-order valence-electron chi connectivity index (χ0n) is 7.44. The van der Waals surface area contributed by atoms with Crippen molar-refractivity contribution in [3.8, 4) is 17.3 Å². The summed E-state index contributed by atoms with van der Waals surface area (Å²) in [6.07, 6.45) is 0. The molecule has 0 saturated carbocycles. The van der Waals surface area contributed by atoms with Gasteiger partial charge in [-0.2, -0.15) is 0 Å². The van der Waals surface area contributed by atoms with Gasteiger partial charge in [0.1, 0.15) is 11.5 Å². The Labute approximate surface area is 80.9 Å². The summed E-state index contributed by atoms with van der Waals surface area (Å²) in [7, 11) is 0. The van der Waals surface area contributed by atoms with Gasteiger partial charge in [0.15, 0.2) is 0 Å². The number of nitrogens with one attached hydrogen (secondary N) is 1. The second-order valence-electron chi connectivity index (χ2n) is 2.90. The molecule has 72 valence electrons. The van der Waals surface area contributed by atoms with Gasteiger partial charge in [0.2, 0.25) is 5.88 Å². The van der Waals surface area contributed by atoms with E-state index in [1.807, 2.05) is 30.3 Å². The topological polar surface area (TPSA) is 69.1 Å². The second kappa shape index (κ2) is 3.51. The number of aromatic amines is 1. The number of imidazole rings is 1. The minimum Gasteiger partial charge on any atom is -0.493 e. The highest BCUT2D eigenvalue weighted by molar-refractivity contribution is 5.56. The Morgan fingerprint density at radius 3 is 2.50 bits per heavy atom. The van der Waals surface area contributed by atoms with Gasteiger partial charge in [-0.05, 0) is 0 Å². The number of nitrogens with zero attached hydrogens (tertiary/aromatic N) is 1. The minimum atomic E-state index is -0.269. The summed E-state index contributed by atoms with van der Waals surface area (Å²) < 4.78 is 0. The number of benzene rings is 1. The van der Waals surface area contributed by atoms with E-state index in [4.69, 9.17) is 5.11 Å². The van der Waals surface area contributed by atoms with Gasteiger partial charge < -0.3 is 15.2 Å². The highest BCUT2D eigenvalue weighted by Gasteiger charge is 2.08. The molecule has 0 fully saturated rings. The lowest BCUT2D eigenvalue weighted by atomic mass is 10.2. The van der Waals surface area contributed by atoms with E-state index in [-0.39, 0.29) is 18.2 Å². The Morgan fingerprint density at radius 2 is 1.93 bits per heavy atom. The molecule has 14 heavy (non-hydrogen) atoms. The molecule has 0 saturated heterocycles. The molecule has 0 amide bonds. The minimum absolute atomic E-state index is 0.0775. The first-order valence-electron chi connectivity index (χ1n) is 4.25. The average molecular weight is 190 g/mol. The third kappa shape index (κ3) is 1.47. The lowest BCUT2D eigenvalue weighted by Gasteiger charge is -1.93. The Kier molecular flexibility index (Phi) is 2.20. The van der Waals surface area contributed by atoms with Crippen LogP contribution in [0.2, 0.25) is 0 Å². The van der Waals surface area contributed by atoms with E-state index in [0.29, 0.717) is 5.82 Å². The zero-order valence-corrected chi connectivity index (χ0v) is 7.44. The lowest BCUT2D eigenvalue weighted by molar-refractivity contribution is 0.270. The molecule has 0 aliphatic rings. The van der Waals surface area contributed by atoms with Gasteiger partial charge in [-0.1, -0.05) is 30.3 Å². The van der Waals surface area contributed by atoms with Crippen LogP contribution in [0.1, 0.15) is 5.69 Å². The molecule has 1 aromatic heterocycles. The lowest BCUT2D eigenvalue weighted by Crippen LogP contribution is -1.83. The van der Waals surface area contributed by atoms with Gasteiger partial charge in [0, 0.05) is 5.56 Å². The number of aromatic hydroxyl groups is 1. The first kappa shape index (κ1) is 8.77. The quantitative estimate of drug-likeness (QED) is 0.668. The summed E-state index contributed by atoms with van der Waals surface area (Å²) in [6.45, 7) is -0.269. The Morgan fingerprint density at radius 1 is 1.21 bits per heavy atom. The number of hydrogen-bond donors (Lipinski definition) is 3. The fourth-order valence-electron chi connectivity index (χ4n) is 1.24. The molecular formula is C10H10N2O2. The van der Waals surface area contributed by atoms with E-state index in [0.717, 1.165) is 5.56 Å². The average Bonchev–Trinajstić information content (AvgIpc) is 2.61. The molecule has 1 heterocycles. The number of aromatic nitrogens is 2. The molecule has 4 nitrogen and oxygen atoms in total. The predicted molar refractivity (Wildman–Crippen MR) is 51.6 cm³/mol. The maximum Gasteiger partial charge on any atom is 0.214 e. The van der Waals surface area contributed by atoms with Crippen molar-refractivity contribution in [3.63, 3.8) is 0 Å². The fraction of sp³-hybridized carbons (Fsp3) is 0.100. The van der Waals surface area contributed by atoms with Crippen LogP contribution in [-0.2, 0) is 6.61 Å². The summed E-state index contributed by atoms with van der Waals surface area (Å²) >= 11 is 0. The van der Waals surface area contributed by atoms with Crippen LogP contribution in [0.25, 0.3) is 11.4 Å². The molecule has 3 N–H and O–H groups in total. The van der Waals surface area contributed by atoms with Gasteiger partial charge in [-0.25, -0.2) is 4.98 Å². The SMILES string of the molecule is OCc1nc(-c2ccccc2)[nH]c1O. The standard InChI is InChI=1S/C10H10N2O2/c13-6-8-10(14)12-9(11-8)7-4-2-1-3-5-7/h1-5,13-14H,6H2,(H,11,12). The highest BCUT2D eigenvalue weighted by Crippen LogP contribution is 2.21. The van der Waals surface area contributed by atoms with Crippen LogP contribution in [0.4, 0.5) is 0 Å². The van der Waals surface area contributed by atoms with Crippen LogP contribution in [0.15, 0.2) is 30.3 Å². The number of hydrogen-bond acceptors (Lipinski definition) is 3. The molecule has 0 spiro atoms. The van der Waals surface area contributed by atoms with Gasteiger partial charge in [0.25, 0.3) is 0 Å². The van der Waals surface area contributed by atoms with Gasteiger partial charge in [-0.3, -0.25) is 0 Å². The molecule has 0 radical (unpaired) electrons. The number of rotatable bonds is 2. The molecule has 0 aliphatic heterocycles. The normalized spacial score (nSPS) is 10.4. The van der Waals surface area contributed by atoms with E-state index in [1.165, 1.54) is 0 Å². The largest absolute Gasteiger partial charge is 0.493 e. The number of H-pyrrole nitrogens is 1. The molecule has 0 unspecified atom stereocenters. The molecule has 0 bridgehead atoms. The van der Waals surface area contributed by atoms with Crippen molar-refractivity contribution in [1.82, 2.24) is 9.97 Å². The van der Waals surface area contributed by atoms with Gasteiger partial charge in [0.05, 0.1) is 6.61 Å². The van der Waals surface area contributed by atoms with Crippen molar-refractivity contribution in [2.75, 3.05) is 0 Å². The highest BCUT2D eigenvalue weighted by atomic mass is 16.3. The van der Waals surface area contributed by atoms with E-state index < -0.39 is 0 Å². The molecule has 2 rings (SSSR count). The number of aliphatic hydroxyl groups excluding tert-OH is 1. The van der Waals surface area contributed by atoms with Crippen molar-refractivity contribution >= 4 is 0 Å². The maximum atomic E-state index is 9.31. The van der Waals surface area contributed by atoms with Crippen LogP contribution in [-0.4, -0.2) is 20.2 Å². The Bertz CT molecular complexity index is 423. The second-order valence-corrected chi connectivity index (χ2v) is 2.90. The van der Waals surface area contributed by atoms with Crippen molar-refractivity contribution in [2.24, 2.45) is 0 Å². The van der Waals surface area contributed by atoms with Crippen LogP contribution in [0.3, 0.4) is 0 Å². The molecule has 0 atom stereocenters. The maximum absolute atomic E-state index is 9.31. The van der Waals surface area contributed by atoms with E-state index in [2.05, 4.69) is 9.97 Å². The molecule has 0 aliphatic carbocycles. The molecule has 1 aromatic carbocycles. The smallest absolute Gasteiger partial charge is 0.214 e. The third-order valence-corrected chi connectivity index (χ3v) is 1.95. The van der Waals surface area contributed by atoms with Crippen LogP contribution in [0.5, 0.6) is 5.88 Å². The van der Waals surface area contributed by atoms with E-state index >= 15 is 0 Å². The molecular weight excluding hydrogens is 180 g/mol. The predicted octanol–water partition coefficient (Wildman–Crippen LogP) is 1.27. The Balaban J connectivity index is 2.43. The summed E-state index contributed by atoms with van der Waals surface area (Å²) in [5.74, 6) is 0.485. The first-order chi connectivity index (χ1) is 6.81. The summed E-state index contributed by atoms with van der Waals surface area (Å²) in [5.41, 5.74) is 1.14. The summed E-state index contributed by atoms with van der Waals surface area (Å²) in [4.78, 5) is 6.74. The third-order valence-electron chi connectivity index (χ3n) is 1.95. The fourth-order valence-corrected chi connectivity index (χ4v) is 1.24. The molecule has 2 aromatic rings. The van der Waals surface area contributed by atoms with Crippen LogP contribution >= 0.6 is 0 Å². The summed E-state index contributed by atoms with van der Waals surface area (Å²) in [6, 6.07) is 9.42. The van der Waals surface area contributed by atoms with E-state index in [1.54, 1.807) is 0 Å².